The maximum Gasteiger partial charge on any atom is 3.00 e. The molecule has 30 valence electrons. The van der Waals surface area contributed by atoms with Gasteiger partial charge in [0.2, 0.25) is 0 Å². The quantitative estimate of drug-likeness (QED) is 0.402. The monoisotopic (exact) mass is 382 g/mol. The minimum atomic E-state index is -2.92. The van der Waals surface area contributed by atoms with Crippen LogP contribution in [0.5, 0.6) is 0 Å². The van der Waals surface area contributed by atoms with Gasteiger partial charge >= 0.3 is 35.6 Å². The predicted molar refractivity (Wildman–Crippen MR) is 5.75 cm³/mol. The molecule has 6 heteroatoms. The summed E-state index contributed by atoms with van der Waals surface area (Å²) in [7, 11) is -2.92. The zero-order valence-electron chi connectivity index (χ0n) is 2.79. The SMILES string of the molecule is [La+3].[O-]B([O-])[O-].[W]. The summed E-state index contributed by atoms with van der Waals surface area (Å²) in [5.41, 5.74) is 0. The molecule has 0 rings (SSSR count). The van der Waals surface area contributed by atoms with Crippen molar-refractivity contribution in [2.45, 2.75) is 0 Å². The molecule has 3 nitrogen and oxygen atoms in total. The van der Waals surface area contributed by atoms with Gasteiger partial charge in [0.25, 0.3) is 0 Å². The molecule has 0 unspecified atom stereocenters. The van der Waals surface area contributed by atoms with Gasteiger partial charge in [-0.1, -0.05) is 0 Å². The number of rotatable bonds is 0. The van der Waals surface area contributed by atoms with E-state index in [2.05, 4.69) is 0 Å². The van der Waals surface area contributed by atoms with E-state index >= 15 is 0 Å². The van der Waals surface area contributed by atoms with E-state index in [4.69, 9.17) is 15.1 Å². The van der Waals surface area contributed by atoms with E-state index in [9.17, 15) is 0 Å². The molecular formula is BLaO3W. The van der Waals surface area contributed by atoms with E-state index in [1.807, 2.05) is 0 Å². The van der Waals surface area contributed by atoms with Crippen molar-refractivity contribution in [2.75, 3.05) is 0 Å². The Balaban J connectivity index is -0.0000000450. The zero-order valence-corrected chi connectivity index (χ0v) is 9.35. The van der Waals surface area contributed by atoms with E-state index in [0.29, 0.717) is 0 Å². The Morgan fingerprint density at radius 1 is 1.00 bits per heavy atom. The summed E-state index contributed by atoms with van der Waals surface area (Å²) in [5, 5.41) is 25.2. The third-order valence-electron chi connectivity index (χ3n) is 0. The van der Waals surface area contributed by atoms with Gasteiger partial charge < -0.3 is 15.1 Å². The maximum absolute atomic E-state index is 8.42. The van der Waals surface area contributed by atoms with E-state index in [-0.39, 0.29) is 56.7 Å². The van der Waals surface area contributed by atoms with Gasteiger partial charge in [-0.05, 0) is 0 Å². The molecule has 0 aromatic heterocycles. The van der Waals surface area contributed by atoms with Gasteiger partial charge in [-0.2, -0.15) is 0 Å². The van der Waals surface area contributed by atoms with Gasteiger partial charge in [-0.15, -0.1) is 0 Å². The largest absolute Gasteiger partial charge is 3.00 e. The van der Waals surface area contributed by atoms with E-state index in [1.54, 1.807) is 0 Å². The Bertz CT molecular complexity index is 15.5. The van der Waals surface area contributed by atoms with Crippen LogP contribution in [-0.2, 0) is 21.1 Å². The van der Waals surface area contributed by atoms with Crippen LogP contribution in [-0.4, -0.2) is 7.32 Å². The third kappa shape index (κ3) is 40.7. The molecule has 0 bridgehead atoms. The molecule has 0 saturated carbocycles. The number of hydrogen-bond acceptors (Lipinski definition) is 3. The first-order valence-corrected chi connectivity index (χ1v) is 0.707. The molecule has 0 spiro atoms. The summed E-state index contributed by atoms with van der Waals surface area (Å²) in [6, 6.07) is 0. The molecule has 0 amide bonds. The van der Waals surface area contributed by atoms with Gasteiger partial charge in [0.15, 0.2) is 0 Å². The van der Waals surface area contributed by atoms with Crippen molar-refractivity contribution < 1.29 is 71.7 Å². The predicted octanol–water partition coefficient (Wildman–Crippen LogP) is -3.95. The van der Waals surface area contributed by atoms with Crippen LogP contribution in [0.4, 0.5) is 0 Å². The summed E-state index contributed by atoms with van der Waals surface area (Å²) >= 11 is 0. The molecule has 0 atom stereocenters. The van der Waals surface area contributed by atoms with Gasteiger partial charge in [-0.25, -0.2) is 0 Å². The summed E-state index contributed by atoms with van der Waals surface area (Å²) < 4.78 is 0. The van der Waals surface area contributed by atoms with Crippen LogP contribution in [0.25, 0.3) is 0 Å². The van der Waals surface area contributed by atoms with Crippen LogP contribution in [0, 0.1) is 35.6 Å². The molecule has 0 fully saturated rings. The van der Waals surface area contributed by atoms with E-state index in [1.165, 1.54) is 0 Å². The minimum absolute atomic E-state index is 0. The Kier molecular flexibility index (Phi) is 26.0. The summed E-state index contributed by atoms with van der Waals surface area (Å²) in [6.07, 6.45) is 0. The molecule has 0 aliphatic carbocycles. The van der Waals surface area contributed by atoms with Crippen LogP contribution >= 0.6 is 0 Å². The average Bonchev–Trinajstić information content (AvgIpc) is 0.811. The molecule has 0 heterocycles. The van der Waals surface area contributed by atoms with Crippen molar-refractivity contribution in [1.29, 1.82) is 0 Å². The Morgan fingerprint density at radius 3 is 1.00 bits per heavy atom. The van der Waals surface area contributed by atoms with Crippen LogP contribution < -0.4 is 15.1 Å². The standard InChI is InChI=1S/BO3.La.W/c2-1(3)4;;/q-3;+3;. The van der Waals surface area contributed by atoms with Crippen LogP contribution in [0.3, 0.4) is 0 Å². The van der Waals surface area contributed by atoms with Crippen molar-refractivity contribution in [3.05, 3.63) is 0 Å². The summed E-state index contributed by atoms with van der Waals surface area (Å²) in [5.74, 6) is 0. The fourth-order valence-corrected chi connectivity index (χ4v) is 0. The molecule has 6 heavy (non-hydrogen) atoms. The number of hydrogen-bond donors (Lipinski definition) is 0. The minimum Gasteiger partial charge on any atom is -0.907 e. The van der Waals surface area contributed by atoms with Crippen molar-refractivity contribution in [1.82, 2.24) is 0 Å². The van der Waals surface area contributed by atoms with Crippen molar-refractivity contribution >= 4 is 7.32 Å². The molecule has 0 aromatic rings. The zero-order chi connectivity index (χ0) is 3.58. The smallest absolute Gasteiger partial charge is 0.907 e. The fraction of sp³-hybridized carbons (Fsp3) is 0. The maximum atomic E-state index is 8.42. The third-order valence-corrected chi connectivity index (χ3v) is 0. The van der Waals surface area contributed by atoms with Crippen LogP contribution in [0.15, 0.2) is 0 Å². The first kappa shape index (κ1) is 15.7. The van der Waals surface area contributed by atoms with Gasteiger partial charge in [0, 0.05) is 21.1 Å². The molecule has 0 saturated heterocycles. The topological polar surface area (TPSA) is 69.2 Å². The van der Waals surface area contributed by atoms with Gasteiger partial charge in [0.1, 0.15) is 0 Å². The molecule has 0 N–H and O–H groups in total. The van der Waals surface area contributed by atoms with Crippen LogP contribution in [0.2, 0.25) is 0 Å². The average molecular weight is 382 g/mol. The summed E-state index contributed by atoms with van der Waals surface area (Å²) in [4.78, 5) is 0. The first-order valence-electron chi connectivity index (χ1n) is 0.707. The summed E-state index contributed by atoms with van der Waals surface area (Å²) in [6.45, 7) is 0. The first-order chi connectivity index (χ1) is 1.73. The van der Waals surface area contributed by atoms with Crippen molar-refractivity contribution in [3.8, 4) is 0 Å². The van der Waals surface area contributed by atoms with E-state index in [0.717, 1.165) is 0 Å². The van der Waals surface area contributed by atoms with Gasteiger partial charge in [0.05, 0.1) is 0 Å². The molecular weight excluding hydrogens is 382 g/mol. The second kappa shape index (κ2) is 9.95. The Hall–Kier alpha value is 1.83. The fourth-order valence-electron chi connectivity index (χ4n) is 0. The normalized spacial score (nSPS) is 4.50. The molecule has 0 aliphatic rings. The molecule has 0 radical (unpaired) electrons. The van der Waals surface area contributed by atoms with E-state index < -0.39 is 7.32 Å². The van der Waals surface area contributed by atoms with Crippen molar-refractivity contribution in [2.24, 2.45) is 0 Å². The second-order valence-electron chi connectivity index (χ2n) is 0.289. The second-order valence-corrected chi connectivity index (χ2v) is 0.289. The Labute approximate surface area is 78.2 Å². The van der Waals surface area contributed by atoms with Gasteiger partial charge in [-0.3, -0.25) is 7.32 Å². The molecule has 0 aromatic carbocycles. The van der Waals surface area contributed by atoms with Crippen LogP contribution in [0.1, 0.15) is 0 Å². The molecule has 0 aliphatic heterocycles. The van der Waals surface area contributed by atoms with Crippen molar-refractivity contribution in [3.63, 3.8) is 0 Å². The Morgan fingerprint density at radius 2 is 1.00 bits per heavy atom.